The van der Waals surface area contributed by atoms with Gasteiger partial charge in [-0.3, -0.25) is 4.79 Å². The van der Waals surface area contributed by atoms with Crippen LogP contribution in [0.2, 0.25) is 0 Å². The summed E-state index contributed by atoms with van der Waals surface area (Å²) in [5, 5.41) is 3.48. The maximum absolute atomic E-state index is 11.9. The van der Waals surface area contributed by atoms with Crippen molar-refractivity contribution in [1.29, 1.82) is 0 Å². The lowest BCUT2D eigenvalue weighted by Crippen LogP contribution is -2.13. The minimum absolute atomic E-state index is 0.240. The van der Waals surface area contributed by atoms with Crippen LogP contribution < -0.4 is 11.1 Å². The van der Waals surface area contributed by atoms with Crippen molar-refractivity contribution in [2.45, 2.75) is 5.03 Å². The van der Waals surface area contributed by atoms with E-state index in [0.29, 0.717) is 16.9 Å². The number of nitrogens with one attached hydrogen (secondary N) is 1. The zero-order chi connectivity index (χ0) is 13.0. The fourth-order valence-electron chi connectivity index (χ4n) is 1.37. The molecule has 2 rings (SSSR count). The van der Waals surface area contributed by atoms with E-state index in [1.165, 1.54) is 17.0 Å². The number of aromatic nitrogens is 1. The van der Waals surface area contributed by atoms with Gasteiger partial charge in [0.05, 0.1) is 16.9 Å². The number of amides is 1. The summed E-state index contributed by atoms with van der Waals surface area (Å²) in [4.78, 5) is 16.0. The van der Waals surface area contributed by atoms with E-state index in [2.05, 4.69) is 22.0 Å². The first-order valence-corrected chi connectivity index (χ1v) is 7.01. The number of benzene rings is 1. The number of carbonyl (C=O) groups excluding carboxylic acids is 1. The van der Waals surface area contributed by atoms with Crippen molar-refractivity contribution in [2.75, 3.05) is 11.1 Å². The van der Waals surface area contributed by atoms with Crippen LogP contribution in [0.1, 0.15) is 10.4 Å². The molecule has 92 valence electrons. The Morgan fingerprint density at radius 1 is 1.28 bits per heavy atom. The van der Waals surface area contributed by atoms with Crippen LogP contribution >= 0.6 is 22.5 Å². The maximum atomic E-state index is 11.9. The van der Waals surface area contributed by atoms with Gasteiger partial charge in [0.25, 0.3) is 5.91 Å². The number of rotatable bonds is 3. The van der Waals surface area contributed by atoms with Crippen LogP contribution in [0.5, 0.6) is 0 Å². The molecule has 1 amide bonds. The summed E-state index contributed by atoms with van der Waals surface area (Å²) in [5.41, 5.74) is 7.35. The molecular weight excluding hydrogens is 266 g/mol. The molecular formula is C12H11N3OS2. The Kier molecular flexibility index (Phi) is 4.11. The third kappa shape index (κ3) is 2.96. The van der Waals surface area contributed by atoms with E-state index in [9.17, 15) is 4.79 Å². The molecule has 0 aliphatic carbocycles. The quantitative estimate of drug-likeness (QED) is 0.458. The van der Waals surface area contributed by atoms with Gasteiger partial charge in [-0.05, 0) is 35.1 Å². The van der Waals surface area contributed by atoms with Gasteiger partial charge in [0.1, 0.15) is 5.03 Å². The van der Waals surface area contributed by atoms with E-state index in [-0.39, 0.29) is 5.91 Å². The highest BCUT2D eigenvalue weighted by Gasteiger charge is 2.08. The minimum atomic E-state index is -0.240. The number of hydrogen-bond donors (Lipinski definition) is 3. The van der Waals surface area contributed by atoms with Gasteiger partial charge in [-0.25, -0.2) is 4.98 Å². The van der Waals surface area contributed by atoms with Crippen LogP contribution in [0.15, 0.2) is 47.6 Å². The first-order chi connectivity index (χ1) is 8.70. The van der Waals surface area contributed by atoms with Crippen molar-refractivity contribution in [1.82, 2.24) is 4.98 Å². The Labute approximate surface area is 114 Å². The van der Waals surface area contributed by atoms with Crippen molar-refractivity contribution >= 4 is 39.7 Å². The number of para-hydroxylation sites is 2. The van der Waals surface area contributed by atoms with Crippen molar-refractivity contribution in [3.8, 4) is 0 Å². The molecule has 0 saturated heterocycles. The molecule has 6 heteroatoms. The van der Waals surface area contributed by atoms with Gasteiger partial charge in [-0.1, -0.05) is 12.1 Å². The van der Waals surface area contributed by atoms with Crippen molar-refractivity contribution in [2.24, 2.45) is 0 Å². The predicted molar refractivity (Wildman–Crippen MR) is 77.9 cm³/mol. The molecule has 0 saturated carbocycles. The Balaban J connectivity index is 2.14. The van der Waals surface area contributed by atoms with Crippen molar-refractivity contribution < 1.29 is 4.79 Å². The number of nitrogens with two attached hydrogens (primary N) is 1. The average molecular weight is 277 g/mol. The van der Waals surface area contributed by atoms with Crippen LogP contribution in [0.4, 0.5) is 11.4 Å². The number of anilines is 2. The third-order valence-electron chi connectivity index (χ3n) is 2.30. The smallest absolute Gasteiger partial charge is 0.257 e. The molecule has 2 aromatic rings. The number of thiol groups is 1. The van der Waals surface area contributed by atoms with Crippen molar-refractivity contribution in [3.63, 3.8) is 0 Å². The van der Waals surface area contributed by atoms with Crippen LogP contribution in [-0.4, -0.2) is 10.9 Å². The lowest BCUT2D eigenvalue weighted by Gasteiger charge is -2.07. The van der Waals surface area contributed by atoms with Crippen LogP contribution in [0.25, 0.3) is 0 Å². The second-order valence-corrected chi connectivity index (χ2v) is 4.67. The summed E-state index contributed by atoms with van der Waals surface area (Å²) < 4.78 is 0. The fraction of sp³-hybridized carbons (Fsp3) is 0. The first-order valence-electron chi connectivity index (χ1n) is 5.14. The molecule has 0 spiro atoms. The molecule has 0 radical (unpaired) electrons. The molecule has 0 fully saturated rings. The van der Waals surface area contributed by atoms with Gasteiger partial charge in [0.15, 0.2) is 0 Å². The van der Waals surface area contributed by atoms with Crippen molar-refractivity contribution in [3.05, 3.63) is 48.2 Å². The van der Waals surface area contributed by atoms with Gasteiger partial charge >= 0.3 is 0 Å². The Morgan fingerprint density at radius 2 is 2.06 bits per heavy atom. The molecule has 0 aliphatic heterocycles. The summed E-state index contributed by atoms with van der Waals surface area (Å²) in [7, 11) is 1.23. The summed E-state index contributed by atoms with van der Waals surface area (Å²) in [6.07, 6.45) is 1.51. The monoisotopic (exact) mass is 277 g/mol. The highest BCUT2D eigenvalue weighted by atomic mass is 33.1. The second kappa shape index (κ2) is 5.79. The highest BCUT2D eigenvalue weighted by Crippen LogP contribution is 2.20. The van der Waals surface area contributed by atoms with Gasteiger partial charge in [0, 0.05) is 6.20 Å². The van der Waals surface area contributed by atoms with Gasteiger partial charge in [0.2, 0.25) is 0 Å². The Hall–Kier alpha value is -1.66. The molecule has 1 heterocycles. The summed E-state index contributed by atoms with van der Waals surface area (Å²) in [6.45, 7) is 0. The zero-order valence-electron chi connectivity index (χ0n) is 9.33. The molecule has 1 aromatic carbocycles. The van der Waals surface area contributed by atoms with Crippen LogP contribution in [-0.2, 0) is 0 Å². The van der Waals surface area contributed by atoms with E-state index < -0.39 is 0 Å². The van der Waals surface area contributed by atoms with Gasteiger partial charge in [-0.15, -0.1) is 11.7 Å². The lowest BCUT2D eigenvalue weighted by molar-refractivity contribution is 0.102. The van der Waals surface area contributed by atoms with Crippen LogP contribution in [0.3, 0.4) is 0 Å². The number of pyridine rings is 1. The lowest BCUT2D eigenvalue weighted by atomic mass is 10.2. The number of nitrogens with zero attached hydrogens (tertiary/aromatic N) is 1. The first kappa shape index (κ1) is 12.8. The highest BCUT2D eigenvalue weighted by molar-refractivity contribution is 8.68. The molecule has 1 aromatic heterocycles. The van der Waals surface area contributed by atoms with Crippen LogP contribution in [0, 0.1) is 0 Å². The normalized spacial score (nSPS) is 10.1. The molecule has 18 heavy (non-hydrogen) atoms. The van der Waals surface area contributed by atoms with E-state index in [1.54, 1.807) is 24.3 Å². The molecule has 0 bridgehead atoms. The summed E-state index contributed by atoms with van der Waals surface area (Å²) >= 11 is 4.03. The van der Waals surface area contributed by atoms with E-state index in [0.717, 1.165) is 5.03 Å². The minimum Gasteiger partial charge on any atom is -0.397 e. The molecule has 3 N–H and O–H groups in total. The van der Waals surface area contributed by atoms with E-state index >= 15 is 0 Å². The maximum Gasteiger partial charge on any atom is 0.257 e. The zero-order valence-corrected chi connectivity index (χ0v) is 11.0. The SMILES string of the molecule is Nc1ccccc1NC(=O)c1ccc(SS)nc1. The molecule has 0 unspecified atom stereocenters. The van der Waals surface area contributed by atoms with E-state index in [4.69, 9.17) is 5.73 Å². The Morgan fingerprint density at radius 3 is 2.67 bits per heavy atom. The average Bonchev–Trinajstić information content (AvgIpc) is 2.41. The number of nitrogen functional groups attached to an aromatic ring is 1. The largest absolute Gasteiger partial charge is 0.397 e. The Bertz CT molecular complexity index is 558. The third-order valence-corrected chi connectivity index (χ3v) is 3.29. The van der Waals surface area contributed by atoms with Gasteiger partial charge in [-0.2, -0.15) is 0 Å². The fourth-order valence-corrected chi connectivity index (χ4v) is 1.93. The number of hydrogen-bond acceptors (Lipinski definition) is 5. The number of carbonyl (C=O) groups is 1. The van der Waals surface area contributed by atoms with Gasteiger partial charge < -0.3 is 11.1 Å². The predicted octanol–water partition coefficient (Wildman–Crippen LogP) is 2.85. The summed E-state index contributed by atoms with van der Waals surface area (Å²) in [5.74, 6) is -0.240. The topological polar surface area (TPSA) is 68.0 Å². The standard InChI is InChI=1S/C12H11N3OS2/c13-9-3-1-2-4-10(9)15-12(16)8-5-6-11(18-17)14-7-8/h1-7,17H,13H2,(H,15,16). The molecule has 0 atom stereocenters. The molecule has 4 nitrogen and oxygen atoms in total. The second-order valence-electron chi connectivity index (χ2n) is 3.52. The molecule has 0 aliphatic rings. The van der Waals surface area contributed by atoms with E-state index in [1.807, 2.05) is 12.1 Å². The summed E-state index contributed by atoms with van der Waals surface area (Å²) in [6, 6.07) is 10.5.